The van der Waals surface area contributed by atoms with Gasteiger partial charge in [-0.3, -0.25) is 0 Å². The van der Waals surface area contributed by atoms with Crippen molar-refractivity contribution in [1.29, 1.82) is 0 Å². The van der Waals surface area contributed by atoms with Gasteiger partial charge in [-0.1, -0.05) is 60.1 Å². The molecule has 0 saturated heterocycles. The number of aliphatic hydroxyl groups excluding tert-OH is 1. The second-order valence-electron chi connectivity index (χ2n) is 9.72. The van der Waals surface area contributed by atoms with E-state index in [1.807, 2.05) is 6.08 Å². The topological polar surface area (TPSA) is 20.2 Å². The van der Waals surface area contributed by atoms with Gasteiger partial charge in [-0.15, -0.1) is 0 Å². The van der Waals surface area contributed by atoms with Crippen LogP contribution >= 0.6 is 0 Å². The van der Waals surface area contributed by atoms with Crippen molar-refractivity contribution in [1.82, 2.24) is 0 Å². The highest BCUT2D eigenvalue weighted by Crippen LogP contribution is 2.60. The number of allylic oxidation sites excluding steroid dienone is 11. The third-order valence-electron chi connectivity index (χ3n) is 8.61. The second-order valence-corrected chi connectivity index (χ2v) is 9.72. The summed E-state index contributed by atoms with van der Waals surface area (Å²) in [6.07, 6.45) is 29.0. The van der Waals surface area contributed by atoms with Crippen LogP contribution in [0.5, 0.6) is 0 Å². The SMILES string of the molecule is OC1=CC2CCC(C3=CC=C4C5C3CCCC5C3C=CC=C[C@@H]43)CC2C=C1. The smallest absolute Gasteiger partial charge is 0.111 e. The van der Waals surface area contributed by atoms with Crippen LogP contribution in [-0.2, 0) is 0 Å². The van der Waals surface area contributed by atoms with Crippen LogP contribution in [-0.4, -0.2) is 5.11 Å². The van der Waals surface area contributed by atoms with Gasteiger partial charge in [0.2, 0.25) is 0 Å². The maximum absolute atomic E-state index is 9.83. The number of fused-ring (bicyclic) bond motifs is 4. The summed E-state index contributed by atoms with van der Waals surface area (Å²) in [5.74, 6) is 6.33. The molecule has 6 rings (SSSR count). The fraction of sp³-hybridized carbons (Fsp3) is 0.538. The minimum absolute atomic E-state index is 0.476. The molecule has 0 bridgehead atoms. The highest BCUT2D eigenvalue weighted by molar-refractivity contribution is 5.42. The van der Waals surface area contributed by atoms with Crippen molar-refractivity contribution in [2.45, 2.75) is 38.5 Å². The molecule has 1 heteroatoms. The first-order valence-electron chi connectivity index (χ1n) is 11.1. The third-order valence-corrected chi connectivity index (χ3v) is 8.61. The summed E-state index contributed by atoms with van der Waals surface area (Å²) in [4.78, 5) is 0. The van der Waals surface area contributed by atoms with Crippen LogP contribution in [0.4, 0.5) is 0 Å². The fourth-order valence-electron chi connectivity index (χ4n) is 7.54. The lowest BCUT2D eigenvalue weighted by atomic mass is 9.61. The molecule has 0 aromatic carbocycles. The zero-order chi connectivity index (χ0) is 18.0. The molecule has 0 aliphatic heterocycles. The van der Waals surface area contributed by atoms with Crippen molar-refractivity contribution in [3.05, 3.63) is 71.6 Å². The fourth-order valence-corrected chi connectivity index (χ4v) is 7.54. The summed E-state index contributed by atoms with van der Waals surface area (Å²) in [6.45, 7) is 0. The van der Waals surface area contributed by atoms with Gasteiger partial charge in [-0.25, -0.2) is 0 Å². The molecular weight excluding hydrogens is 328 g/mol. The van der Waals surface area contributed by atoms with Crippen molar-refractivity contribution in [2.24, 2.45) is 47.3 Å². The van der Waals surface area contributed by atoms with Crippen LogP contribution in [0, 0.1) is 47.3 Å². The van der Waals surface area contributed by atoms with E-state index in [1.54, 1.807) is 11.1 Å². The molecule has 8 atom stereocenters. The van der Waals surface area contributed by atoms with E-state index in [-0.39, 0.29) is 0 Å². The molecule has 0 amide bonds. The maximum Gasteiger partial charge on any atom is 0.111 e. The zero-order valence-corrected chi connectivity index (χ0v) is 16.0. The first-order chi connectivity index (χ1) is 13.3. The summed E-state index contributed by atoms with van der Waals surface area (Å²) in [5, 5.41) is 9.83. The van der Waals surface area contributed by atoms with Gasteiger partial charge in [0.1, 0.15) is 5.76 Å². The van der Waals surface area contributed by atoms with Gasteiger partial charge < -0.3 is 5.11 Å². The number of rotatable bonds is 1. The van der Waals surface area contributed by atoms with E-state index in [9.17, 15) is 5.11 Å². The van der Waals surface area contributed by atoms with Crippen molar-refractivity contribution in [3.63, 3.8) is 0 Å². The lowest BCUT2D eigenvalue weighted by molar-refractivity contribution is 0.179. The maximum atomic E-state index is 9.83. The predicted octanol–water partition coefficient (Wildman–Crippen LogP) is 6.30. The summed E-state index contributed by atoms with van der Waals surface area (Å²) in [6, 6.07) is 0. The van der Waals surface area contributed by atoms with Gasteiger partial charge in [0, 0.05) is 5.92 Å². The Morgan fingerprint density at radius 3 is 2.70 bits per heavy atom. The molecule has 0 heterocycles. The molecule has 1 N–H and O–H groups in total. The molecule has 6 aliphatic rings. The second kappa shape index (κ2) is 6.12. The summed E-state index contributed by atoms with van der Waals surface area (Å²) in [7, 11) is 0. The Labute approximate surface area is 162 Å². The Morgan fingerprint density at radius 2 is 1.74 bits per heavy atom. The van der Waals surface area contributed by atoms with Crippen molar-refractivity contribution < 1.29 is 5.11 Å². The molecule has 0 radical (unpaired) electrons. The minimum Gasteiger partial charge on any atom is -0.508 e. The highest BCUT2D eigenvalue weighted by Gasteiger charge is 2.51. The Morgan fingerprint density at radius 1 is 0.852 bits per heavy atom. The summed E-state index contributed by atoms with van der Waals surface area (Å²) < 4.78 is 0. The number of aliphatic hydroxyl groups is 1. The molecule has 1 nitrogen and oxygen atoms in total. The normalized spacial score (nSPS) is 46.7. The Balaban J connectivity index is 1.30. The first kappa shape index (κ1) is 16.2. The number of hydrogen-bond donors (Lipinski definition) is 1. The Bertz CT molecular complexity index is 819. The van der Waals surface area contributed by atoms with Crippen molar-refractivity contribution in [2.75, 3.05) is 0 Å². The van der Waals surface area contributed by atoms with Gasteiger partial charge in [0.25, 0.3) is 0 Å². The molecule has 27 heavy (non-hydrogen) atoms. The molecule has 0 aromatic rings. The van der Waals surface area contributed by atoms with E-state index in [2.05, 4.69) is 48.6 Å². The zero-order valence-electron chi connectivity index (χ0n) is 16.0. The third kappa shape index (κ3) is 2.43. The van der Waals surface area contributed by atoms with Crippen LogP contribution in [0.1, 0.15) is 38.5 Å². The van der Waals surface area contributed by atoms with Crippen LogP contribution in [0.2, 0.25) is 0 Å². The van der Waals surface area contributed by atoms with E-state index in [0.717, 1.165) is 29.6 Å². The van der Waals surface area contributed by atoms with Gasteiger partial charge in [0.15, 0.2) is 0 Å². The molecule has 6 aliphatic carbocycles. The van der Waals surface area contributed by atoms with E-state index >= 15 is 0 Å². The molecule has 3 fully saturated rings. The Kier molecular flexibility index (Phi) is 3.68. The molecule has 3 saturated carbocycles. The van der Waals surface area contributed by atoms with Crippen molar-refractivity contribution in [3.8, 4) is 0 Å². The Hall–Kier alpha value is -1.76. The highest BCUT2D eigenvalue weighted by atomic mass is 16.3. The van der Waals surface area contributed by atoms with Crippen LogP contribution < -0.4 is 0 Å². The summed E-state index contributed by atoms with van der Waals surface area (Å²) >= 11 is 0. The van der Waals surface area contributed by atoms with Gasteiger partial charge in [-0.2, -0.15) is 0 Å². The minimum atomic E-state index is 0.476. The van der Waals surface area contributed by atoms with Gasteiger partial charge in [-0.05, 0) is 85.7 Å². The largest absolute Gasteiger partial charge is 0.508 e. The van der Waals surface area contributed by atoms with E-state index < -0.39 is 0 Å². The quantitative estimate of drug-likeness (QED) is 0.583. The monoisotopic (exact) mass is 358 g/mol. The average molecular weight is 359 g/mol. The van der Waals surface area contributed by atoms with Crippen LogP contribution in [0.3, 0.4) is 0 Å². The predicted molar refractivity (Wildman–Crippen MR) is 110 cm³/mol. The first-order valence-corrected chi connectivity index (χ1v) is 11.1. The standard InChI is InChI=1S/C26H30O/c27-19-11-10-16-14-18(9-8-17(16)15-19)20-12-13-25-22-5-2-1-4-21(22)24-7-3-6-23(20)26(24)25/h1-2,4-5,10-13,15-18,21-24,26-27H,3,6-9,14H2/t16?,17?,18?,21?,22-,23?,24?,26?/m1/s1. The van der Waals surface area contributed by atoms with Gasteiger partial charge >= 0.3 is 0 Å². The van der Waals surface area contributed by atoms with E-state index in [1.165, 1.54) is 38.5 Å². The van der Waals surface area contributed by atoms with Crippen LogP contribution in [0.25, 0.3) is 0 Å². The lowest BCUT2D eigenvalue weighted by Crippen LogP contribution is -2.34. The molecule has 0 aromatic heterocycles. The average Bonchev–Trinajstić information content (AvgIpc) is 3.04. The van der Waals surface area contributed by atoms with Gasteiger partial charge in [0.05, 0.1) is 0 Å². The summed E-state index contributed by atoms with van der Waals surface area (Å²) in [5.41, 5.74) is 3.53. The number of hydrogen-bond acceptors (Lipinski definition) is 1. The van der Waals surface area contributed by atoms with Crippen molar-refractivity contribution >= 4 is 0 Å². The lowest BCUT2D eigenvalue weighted by Gasteiger charge is -2.44. The molecule has 0 spiro atoms. The van der Waals surface area contributed by atoms with E-state index in [0.29, 0.717) is 23.5 Å². The van der Waals surface area contributed by atoms with Crippen LogP contribution in [0.15, 0.2) is 71.6 Å². The molecular formula is C26H30O. The molecule has 140 valence electrons. The molecule has 7 unspecified atom stereocenters. The van der Waals surface area contributed by atoms with E-state index in [4.69, 9.17) is 0 Å².